The summed E-state index contributed by atoms with van der Waals surface area (Å²) in [6.07, 6.45) is 4.28. The van der Waals surface area contributed by atoms with E-state index in [-0.39, 0.29) is 16.5 Å². The minimum atomic E-state index is -0.514. The third kappa shape index (κ3) is 4.51. The van der Waals surface area contributed by atoms with Crippen LogP contribution in [0.25, 0.3) is 0 Å². The van der Waals surface area contributed by atoms with Crippen LogP contribution < -0.4 is 5.32 Å². The monoisotopic (exact) mass is 302 g/mol. The lowest BCUT2D eigenvalue weighted by molar-refractivity contribution is -0.428. The van der Waals surface area contributed by atoms with Gasteiger partial charge in [-0.05, 0) is 24.4 Å². The maximum atomic E-state index is 10.7. The predicted molar refractivity (Wildman–Crippen MR) is 85.8 cm³/mol. The van der Waals surface area contributed by atoms with Crippen molar-refractivity contribution in [2.75, 3.05) is 13.1 Å². The lowest BCUT2D eigenvalue weighted by atomic mass is 9.89. The Morgan fingerprint density at radius 3 is 2.73 bits per heavy atom. The quantitative estimate of drug-likeness (QED) is 0.461. The van der Waals surface area contributed by atoms with Crippen molar-refractivity contribution in [3.05, 3.63) is 69.4 Å². The van der Waals surface area contributed by atoms with E-state index in [1.807, 2.05) is 43.3 Å². The largest absolute Gasteiger partial charge is 0.387 e. The van der Waals surface area contributed by atoms with Gasteiger partial charge >= 0.3 is 0 Å². The second-order valence-electron chi connectivity index (χ2n) is 5.64. The molecule has 0 aromatic heterocycles. The molecule has 5 nitrogen and oxygen atoms in total. The molecule has 2 rings (SSSR count). The van der Waals surface area contributed by atoms with Crippen LogP contribution in [-0.4, -0.2) is 23.1 Å². The molecule has 2 N–H and O–H groups in total. The summed E-state index contributed by atoms with van der Waals surface area (Å²) in [5, 5.41) is 24.0. The van der Waals surface area contributed by atoms with Crippen LogP contribution in [0.2, 0.25) is 0 Å². The minimum absolute atomic E-state index is 0.200. The first-order valence-electron chi connectivity index (χ1n) is 7.55. The van der Waals surface area contributed by atoms with E-state index < -0.39 is 6.10 Å². The number of nitro groups is 1. The number of nitrogens with zero attached hydrogens (tertiary/aromatic N) is 1. The number of hydrogen-bond donors (Lipinski definition) is 2. The molecule has 22 heavy (non-hydrogen) atoms. The zero-order chi connectivity index (χ0) is 15.9. The van der Waals surface area contributed by atoms with Crippen molar-refractivity contribution in [3.63, 3.8) is 0 Å². The van der Waals surface area contributed by atoms with Gasteiger partial charge in [0.25, 0.3) is 0 Å². The fraction of sp³-hybridized carbons (Fsp3) is 0.412. The average molecular weight is 302 g/mol. The Labute approximate surface area is 130 Å². The molecule has 0 heterocycles. The smallest absolute Gasteiger partial charge is 0.246 e. The molecule has 0 amide bonds. The summed E-state index contributed by atoms with van der Waals surface area (Å²) in [4.78, 5) is 10.4. The molecule has 0 spiro atoms. The maximum absolute atomic E-state index is 10.7. The first kappa shape index (κ1) is 16.4. The molecule has 0 saturated carbocycles. The third-order valence-electron chi connectivity index (χ3n) is 3.99. The summed E-state index contributed by atoms with van der Waals surface area (Å²) in [7, 11) is 0. The lowest BCUT2D eigenvalue weighted by Crippen LogP contribution is -2.24. The SMILES string of the molecule is CC1CC([N+](=O)[O-])=CC=C1CCNC[C@H](O)c1ccccc1. The van der Waals surface area contributed by atoms with Gasteiger partial charge in [-0.1, -0.05) is 48.9 Å². The molecule has 5 heteroatoms. The molecular formula is C17H22N2O3. The first-order valence-corrected chi connectivity index (χ1v) is 7.55. The summed E-state index contributed by atoms with van der Waals surface area (Å²) in [5.41, 5.74) is 2.40. The highest BCUT2D eigenvalue weighted by Gasteiger charge is 2.21. The number of nitrogens with one attached hydrogen (secondary N) is 1. The number of hydrogen-bond acceptors (Lipinski definition) is 4. The Hall–Kier alpha value is -1.98. The van der Waals surface area contributed by atoms with E-state index in [0.717, 1.165) is 18.5 Å². The van der Waals surface area contributed by atoms with Crippen molar-refractivity contribution in [1.82, 2.24) is 5.32 Å². The summed E-state index contributed by atoms with van der Waals surface area (Å²) in [6.45, 7) is 3.27. The van der Waals surface area contributed by atoms with Crippen molar-refractivity contribution in [2.45, 2.75) is 25.9 Å². The third-order valence-corrected chi connectivity index (χ3v) is 3.99. The standard InChI is InChI=1S/C17H22N2O3/c1-13-11-16(19(21)22)8-7-14(13)9-10-18-12-17(20)15-5-3-2-4-6-15/h2-8,13,17-18,20H,9-12H2,1H3/t13?,17-/m0/s1. The lowest BCUT2D eigenvalue weighted by Gasteiger charge is -2.18. The van der Waals surface area contributed by atoms with Crippen LogP contribution in [-0.2, 0) is 0 Å². The molecule has 1 aliphatic rings. The maximum Gasteiger partial charge on any atom is 0.246 e. The fourth-order valence-corrected chi connectivity index (χ4v) is 2.61. The second kappa shape index (κ2) is 7.87. The highest BCUT2D eigenvalue weighted by atomic mass is 16.6. The van der Waals surface area contributed by atoms with E-state index in [2.05, 4.69) is 5.32 Å². The van der Waals surface area contributed by atoms with E-state index >= 15 is 0 Å². The number of benzene rings is 1. The van der Waals surface area contributed by atoms with Crippen LogP contribution in [0.15, 0.2) is 53.8 Å². The zero-order valence-electron chi connectivity index (χ0n) is 12.7. The molecule has 1 aromatic carbocycles. The van der Waals surface area contributed by atoms with Crippen molar-refractivity contribution < 1.29 is 10.0 Å². The van der Waals surface area contributed by atoms with Crippen LogP contribution in [0, 0.1) is 16.0 Å². The number of rotatable bonds is 7. The number of aliphatic hydroxyl groups is 1. The van der Waals surface area contributed by atoms with Gasteiger partial charge in [0, 0.05) is 19.0 Å². The molecular weight excluding hydrogens is 280 g/mol. The van der Waals surface area contributed by atoms with Crippen molar-refractivity contribution in [1.29, 1.82) is 0 Å². The van der Waals surface area contributed by atoms with Crippen molar-refractivity contribution in [3.8, 4) is 0 Å². The molecule has 118 valence electrons. The van der Waals surface area contributed by atoms with Gasteiger partial charge in [0.1, 0.15) is 0 Å². The molecule has 0 bridgehead atoms. The van der Waals surface area contributed by atoms with Gasteiger partial charge in [-0.2, -0.15) is 0 Å². The van der Waals surface area contributed by atoms with Gasteiger partial charge in [-0.25, -0.2) is 0 Å². The zero-order valence-corrected chi connectivity index (χ0v) is 12.7. The Balaban J connectivity index is 1.76. The normalized spacial score (nSPS) is 19.3. The van der Waals surface area contributed by atoms with E-state index in [1.165, 1.54) is 5.57 Å². The number of allylic oxidation sites excluding steroid dienone is 3. The van der Waals surface area contributed by atoms with Crippen LogP contribution >= 0.6 is 0 Å². The van der Waals surface area contributed by atoms with Gasteiger partial charge in [-0.15, -0.1) is 0 Å². The topological polar surface area (TPSA) is 75.4 Å². The van der Waals surface area contributed by atoms with Gasteiger partial charge in [0.15, 0.2) is 0 Å². The highest BCUT2D eigenvalue weighted by molar-refractivity contribution is 5.23. The van der Waals surface area contributed by atoms with Crippen LogP contribution in [0.5, 0.6) is 0 Å². The summed E-state index contributed by atoms with van der Waals surface area (Å²) < 4.78 is 0. The van der Waals surface area contributed by atoms with E-state index in [0.29, 0.717) is 13.0 Å². The van der Waals surface area contributed by atoms with E-state index in [4.69, 9.17) is 0 Å². The van der Waals surface area contributed by atoms with Crippen molar-refractivity contribution >= 4 is 0 Å². The van der Waals surface area contributed by atoms with Gasteiger partial charge in [-0.3, -0.25) is 10.1 Å². The Bertz CT molecular complexity index is 567. The second-order valence-corrected chi connectivity index (χ2v) is 5.64. The molecule has 0 saturated heterocycles. The Morgan fingerprint density at radius 1 is 1.36 bits per heavy atom. The molecule has 0 aliphatic heterocycles. The molecule has 0 radical (unpaired) electrons. The summed E-state index contributed by atoms with van der Waals surface area (Å²) in [5.74, 6) is 0.200. The van der Waals surface area contributed by atoms with E-state index in [9.17, 15) is 15.2 Å². The summed E-state index contributed by atoms with van der Waals surface area (Å²) in [6, 6.07) is 9.55. The van der Waals surface area contributed by atoms with Crippen LogP contribution in [0.3, 0.4) is 0 Å². The number of aliphatic hydroxyl groups excluding tert-OH is 1. The van der Waals surface area contributed by atoms with E-state index in [1.54, 1.807) is 6.08 Å². The Kier molecular flexibility index (Phi) is 5.86. The molecule has 1 aromatic rings. The fourth-order valence-electron chi connectivity index (χ4n) is 2.61. The van der Waals surface area contributed by atoms with Gasteiger partial charge in [0.05, 0.1) is 11.0 Å². The van der Waals surface area contributed by atoms with Gasteiger partial charge in [0.2, 0.25) is 5.70 Å². The summed E-state index contributed by atoms with van der Waals surface area (Å²) >= 11 is 0. The van der Waals surface area contributed by atoms with Gasteiger partial charge < -0.3 is 10.4 Å². The minimum Gasteiger partial charge on any atom is -0.387 e. The predicted octanol–water partition coefficient (Wildman–Crippen LogP) is 2.83. The average Bonchev–Trinajstić information content (AvgIpc) is 2.53. The van der Waals surface area contributed by atoms with Crippen LogP contribution in [0.4, 0.5) is 0 Å². The molecule has 1 unspecified atom stereocenters. The van der Waals surface area contributed by atoms with Crippen LogP contribution in [0.1, 0.15) is 31.4 Å². The van der Waals surface area contributed by atoms with Crippen molar-refractivity contribution in [2.24, 2.45) is 5.92 Å². The Morgan fingerprint density at radius 2 is 2.09 bits per heavy atom. The molecule has 1 aliphatic carbocycles. The molecule has 2 atom stereocenters. The molecule has 0 fully saturated rings. The first-order chi connectivity index (χ1) is 10.6. The highest BCUT2D eigenvalue weighted by Crippen LogP contribution is 2.26.